The molecule has 0 radical (unpaired) electrons. The second kappa shape index (κ2) is 12.7. The first-order valence-electron chi connectivity index (χ1n) is 13.3. The number of aliphatic hydroxyl groups excluding tert-OH is 1. The molecule has 2 N–H and O–H groups in total. The van der Waals surface area contributed by atoms with E-state index < -0.39 is 44.0 Å². The molecule has 0 aliphatic carbocycles. The summed E-state index contributed by atoms with van der Waals surface area (Å²) in [6.07, 6.45) is -0.791. The zero-order valence-electron chi connectivity index (χ0n) is 23.8. The zero-order chi connectivity index (χ0) is 30.7. The number of nitrogens with zero attached hydrogens (tertiary/aromatic N) is 2. The molecule has 1 aliphatic heterocycles. The fourth-order valence-electron chi connectivity index (χ4n) is 4.62. The molecule has 1 amide bonds. The summed E-state index contributed by atoms with van der Waals surface area (Å²) in [6, 6.07) is 17.7. The monoisotopic (exact) mass is 617 g/mol. The fourth-order valence-corrected chi connectivity index (χ4v) is 6.89. The molecule has 42 heavy (non-hydrogen) atoms. The van der Waals surface area contributed by atoms with Gasteiger partial charge in [0, 0.05) is 19.5 Å². The molecule has 3 aromatic rings. The van der Waals surface area contributed by atoms with Crippen molar-refractivity contribution in [3.8, 4) is 11.5 Å². The van der Waals surface area contributed by atoms with Gasteiger partial charge in [-0.1, -0.05) is 31.2 Å². The second-order valence-electron chi connectivity index (χ2n) is 10.2. The molecule has 1 aliphatic rings. The summed E-state index contributed by atoms with van der Waals surface area (Å²) in [4.78, 5) is 15.3. The van der Waals surface area contributed by atoms with Gasteiger partial charge in [0.25, 0.3) is 15.9 Å². The molecule has 0 unspecified atom stereocenters. The first-order valence-corrected chi connectivity index (χ1v) is 16.2. The minimum absolute atomic E-state index is 0.0148. The van der Waals surface area contributed by atoms with Gasteiger partial charge in [-0.15, -0.1) is 0 Å². The van der Waals surface area contributed by atoms with E-state index in [9.17, 15) is 26.7 Å². The largest absolute Gasteiger partial charge is 0.497 e. The van der Waals surface area contributed by atoms with Gasteiger partial charge in [0.2, 0.25) is 10.0 Å². The molecule has 0 saturated heterocycles. The number of aliphatic hydroxyl groups is 1. The number of likely N-dealkylation sites (N-methyl/N-ethyl adjacent to an activating group) is 1. The van der Waals surface area contributed by atoms with E-state index in [2.05, 4.69) is 4.72 Å². The van der Waals surface area contributed by atoms with Crippen LogP contribution in [0.5, 0.6) is 11.5 Å². The number of sulfonamides is 2. The summed E-state index contributed by atoms with van der Waals surface area (Å²) >= 11 is 0. The molecule has 226 valence electrons. The van der Waals surface area contributed by atoms with Crippen LogP contribution in [-0.4, -0.2) is 83.1 Å². The molecule has 0 bridgehead atoms. The normalized spacial score (nSPS) is 18.4. The standard InChI is InChI=1S/C29H35N3O8S2/c1-20-17-32(21(2)19-33)29(34)25-11-8-12-26(30-41(35,36)23-15-13-22(39-4)14-16-23)28(25)40-27(20)18-31(3)42(37,38)24-9-6-5-7-10-24/h5-16,20-21,27,30,33H,17-19H2,1-4H3/t20-,21+,27-/m0/s1. The molecular weight excluding hydrogens is 582 g/mol. The Morgan fingerprint density at radius 1 is 1.02 bits per heavy atom. The Balaban J connectivity index is 1.75. The summed E-state index contributed by atoms with van der Waals surface area (Å²) < 4.78 is 68.5. The van der Waals surface area contributed by atoms with Crippen LogP contribution in [0.25, 0.3) is 0 Å². The number of para-hydroxylation sites is 1. The number of carbonyl (C=O) groups excluding carboxylic acids is 1. The summed E-state index contributed by atoms with van der Waals surface area (Å²) in [5, 5.41) is 9.90. The Labute approximate surface area is 246 Å². The molecule has 3 atom stereocenters. The van der Waals surface area contributed by atoms with E-state index in [-0.39, 0.29) is 46.5 Å². The van der Waals surface area contributed by atoms with Crippen molar-refractivity contribution in [2.45, 2.75) is 35.8 Å². The first kappa shape index (κ1) is 31.3. The molecular formula is C29H35N3O8S2. The number of amides is 1. The first-order chi connectivity index (χ1) is 19.9. The Kier molecular flexibility index (Phi) is 9.46. The van der Waals surface area contributed by atoms with Crippen LogP contribution in [0.4, 0.5) is 5.69 Å². The number of rotatable bonds is 10. The SMILES string of the molecule is COc1ccc(S(=O)(=O)Nc2cccc3c2O[C@@H](CN(C)S(=O)(=O)c2ccccc2)[C@@H](C)CN([C@H](C)CO)C3=O)cc1. The highest BCUT2D eigenvalue weighted by atomic mass is 32.2. The molecule has 0 saturated carbocycles. The summed E-state index contributed by atoms with van der Waals surface area (Å²) in [5.74, 6) is -0.405. The lowest BCUT2D eigenvalue weighted by atomic mass is 9.99. The van der Waals surface area contributed by atoms with Crippen LogP contribution in [0.2, 0.25) is 0 Å². The minimum Gasteiger partial charge on any atom is -0.497 e. The molecule has 11 nitrogen and oxygen atoms in total. The Morgan fingerprint density at radius 2 is 1.69 bits per heavy atom. The van der Waals surface area contributed by atoms with Crippen LogP contribution < -0.4 is 14.2 Å². The maximum Gasteiger partial charge on any atom is 0.262 e. The van der Waals surface area contributed by atoms with Crippen LogP contribution in [0.3, 0.4) is 0 Å². The van der Waals surface area contributed by atoms with Gasteiger partial charge in [-0.2, -0.15) is 4.31 Å². The average molecular weight is 618 g/mol. The molecule has 0 aromatic heterocycles. The number of anilines is 1. The number of fused-ring (bicyclic) bond motifs is 1. The van der Waals surface area contributed by atoms with Crippen molar-refractivity contribution in [3.63, 3.8) is 0 Å². The number of carbonyl (C=O) groups is 1. The summed E-state index contributed by atoms with van der Waals surface area (Å²) in [6.45, 7) is 3.29. The number of ether oxygens (including phenoxy) is 2. The predicted molar refractivity (Wildman–Crippen MR) is 158 cm³/mol. The number of hydrogen-bond acceptors (Lipinski definition) is 8. The fraction of sp³-hybridized carbons (Fsp3) is 0.345. The van der Waals surface area contributed by atoms with Gasteiger partial charge >= 0.3 is 0 Å². The smallest absolute Gasteiger partial charge is 0.262 e. The van der Waals surface area contributed by atoms with Gasteiger partial charge in [0.05, 0.1) is 47.3 Å². The third-order valence-corrected chi connectivity index (χ3v) is 10.4. The lowest BCUT2D eigenvalue weighted by Gasteiger charge is -2.38. The quantitative estimate of drug-likeness (QED) is 0.354. The zero-order valence-corrected chi connectivity index (χ0v) is 25.4. The van der Waals surface area contributed by atoms with Gasteiger partial charge in [-0.3, -0.25) is 9.52 Å². The molecule has 3 aromatic carbocycles. The van der Waals surface area contributed by atoms with Crippen molar-refractivity contribution in [2.75, 3.05) is 38.6 Å². The molecule has 1 heterocycles. The van der Waals surface area contributed by atoms with Crippen LogP contribution in [0.15, 0.2) is 82.6 Å². The van der Waals surface area contributed by atoms with Crippen molar-refractivity contribution in [2.24, 2.45) is 5.92 Å². The molecule has 0 fully saturated rings. The lowest BCUT2D eigenvalue weighted by Crippen LogP contribution is -2.50. The van der Waals surface area contributed by atoms with Gasteiger partial charge < -0.3 is 19.5 Å². The van der Waals surface area contributed by atoms with Crippen LogP contribution in [-0.2, 0) is 20.0 Å². The second-order valence-corrected chi connectivity index (χ2v) is 13.9. The number of methoxy groups -OCH3 is 1. The highest BCUT2D eigenvalue weighted by Crippen LogP contribution is 2.36. The van der Waals surface area contributed by atoms with Gasteiger partial charge in [-0.25, -0.2) is 16.8 Å². The van der Waals surface area contributed by atoms with Crippen molar-refractivity contribution in [3.05, 3.63) is 78.4 Å². The van der Waals surface area contributed by atoms with Crippen molar-refractivity contribution >= 4 is 31.6 Å². The average Bonchev–Trinajstić information content (AvgIpc) is 2.99. The van der Waals surface area contributed by atoms with E-state index in [1.54, 1.807) is 25.1 Å². The molecule has 13 heteroatoms. The maximum atomic E-state index is 13.7. The van der Waals surface area contributed by atoms with Gasteiger partial charge in [0.15, 0.2) is 5.75 Å². The predicted octanol–water partition coefficient (Wildman–Crippen LogP) is 3.04. The summed E-state index contributed by atoms with van der Waals surface area (Å²) in [7, 11) is -5.08. The third-order valence-electron chi connectivity index (χ3n) is 7.19. The Morgan fingerprint density at radius 3 is 2.31 bits per heavy atom. The van der Waals surface area contributed by atoms with Crippen LogP contribution in [0.1, 0.15) is 24.2 Å². The Hall–Kier alpha value is -3.65. The summed E-state index contributed by atoms with van der Waals surface area (Å²) in [5.41, 5.74) is 0.0941. The van der Waals surface area contributed by atoms with Crippen molar-refractivity contribution in [1.29, 1.82) is 0 Å². The van der Waals surface area contributed by atoms with E-state index in [1.165, 1.54) is 78.0 Å². The van der Waals surface area contributed by atoms with E-state index in [4.69, 9.17) is 9.47 Å². The van der Waals surface area contributed by atoms with Crippen molar-refractivity contribution in [1.82, 2.24) is 9.21 Å². The van der Waals surface area contributed by atoms with Crippen LogP contribution >= 0.6 is 0 Å². The van der Waals surface area contributed by atoms with Gasteiger partial charge in [-0.05, 0) is 55.5 Å². The van der Waals surface area contributed by atoms with E-state index >= 15 is 0 Å². The molecule has 0 spiro atoms. The number of benzene rings is 3. The topological polar surface area (TPSA) is 143 Å². The van der Waals surface area contributed by atoms with E-state index in [0.717, 1.165) is 0 Å². The maximum absolute atomic E-state index is 13.7. The minimum atomic E-state index is -4.11. The number of hydrogen-bond donors (Lipinski definition) is 2. The third kappa shape index (κ3) is 6.54. The van der Waals surface area contributed by atoms with Gasteiger partial charge in [0.1, 0.15) is 11.9 Å². The number of nitrogens with one attached hydrogen (secondary N) is 1. The van der Waals surface area contributed by atoms with Crippen molar-refractivity contribution < 1.29 is 36.2 Å². The highest BCUT2D eigenvalue weighted by Gasteiger charge is 2.36. The molecule has 4 rings (SSSR count). The lowest BCUT2D eigenvalue weighted by molar-refractivity contribution is 0.0389. The highest BCUT2D eigenvalue weighted by molar-refractivity contribution is 7.92. The Bertz CT molecular complexity index is 1610. The van der Waals surface area contributed by atoms with Crippen LogP contribution in [0, 0.1) is 5.92 Å². The van der Waals surface area contributed by atoms with E-state index in [0.29, 0.717) is 5.75 Å². The van der Waals surface area contributed by atoms with E-state index in [1.807, 2.05) is 6.92 Å².